The quantitative estimate of drug-likeness (QED) is 0.423. The first-order valence-corrected chi connectivity index (χ1v) is 9.20. The van der Waals surface area contributed by atoms with Crippen LogP contribution in [-0.4, -0.2) is 35.3 Å². The third-order valence-electron chi connectivity index (χ3n) is 4.90. The van der Waals surface area contributed by atoms with E-state index in [0.29, 0.717) is 16.5 Å². The Morgan fingerprint density at radius 3 is 2.52 bits per heavy atom. The molecule has 2 aromatic carbocycles. The van der Waals surface area contributed by atoms with Crippen molar-refractivity contribution in [3.63, 3.8) is 0 Å². The zero-order chi connectivity index (χ0) is 21.3. The molecule has 0 radical (unpaired) electrons. The van der Waals surface area contributed by atoms with Gasteiger partial charge in [-0.05, 0) is 68.3 Å². The van der Waals surface area contributed by atoms with Gasteiger partial charge in [-0.3, -0.25) is 9.36 Å². The number of halogens is 3. The lowest BCUT2D eigenvalue weighted by molar-refractivity contribution is -0.137. The maximum atomic E-state index is 13.1. The number of hydrogen-bond acceptors (Lipinski definition) is 2. The minimum atomic E-state index is -4.42. The zero-order valence-corrected chi connectivity index (χ0v) is 16.7. The summed E-state index contributed by atoms with van der Waals surface area (Å²) < 4.78 is 40.2. The molecule has 0 saturated carbocycles. The van der Waals surface area contributed by atoms with E-state index < -0.39 is 11.7 Å². The molecule has 0 aliphatic heterocycles. The predicted molar refractivity (Wildman–Crippen MR) is 109 cm³/mol. The van der Waals surface area contributed by atoms with Gasteiger partial charge in [0, 0.05) is 30.7 Å². The van der Waals surface area contributed by atoms with Crippen molar-refractivity contribution in [2.45, 2.75) is 26.9 Å². The maximum Gasteiger partial charge on any atom is 0.416 e. The van der Waals surface area contributed by atoms with Gasteiger partial charge < -0.3 is 4.90 Å². The molecule has 0 spiro atoms. The van der Waals surface area contributed by atoms with E-state index in [4.69, 9.17) is 0 Å². The van der Waals surface area contributed by atoms with Crippen molar-refractivity contribution in [1.29, 1.82) is 0 Å². The van der Waals surface area contributed by atoms with Gasteiger partial charge in [-0.25, -0.2) is 4.99 Å². The van der Waals surface area contributed by atoms with Crippen molar-refractivity contribution in [2.75, 3.05) is 13.6 Å². The van der Waals surface area contributed by atoms with E-state index in [1.54, 1.807) is 12.4 Å². The second kappa shape index (κ2) is 7.73. The molecule has 1 aromatic heterocycles. The lowest BCUT2D eigenvalue weighted by Gasteiger charge is -2.12. The van der Waals surface area contributed by atoms with Crippen molar-refractivity contribution in [3.8, 4) is 0 Å². The average Bonchev–Trinajstić information content (AvgIpc) is 3.10. The number of aryl methyl sites for hydroxylation is 2. The van der Waals surface area contributed by atoms with Gasteiger partial charge in [0.1, 0.15) is 0 Å². The Morgan fingerprint density at radius 2 is 1.86 bits per heavy atom. The molecular weight excluding hydrogens is 379 g/mol. The second-order valence-electron chi connectivity index (χ2n) is 7.03. The van der Waals surface area contributed by atoms with Gasteiger partial charge in [0.15, 0.2) is 0 Å². The summed E-state index contributed by atoms with van der Waals surface area (Å²) >= 11 is 0. The first-order valence-electron chi connectivity index (χ1n) is 9.20. The van der Waals surface area contributed by atoms with Crippen molar-refractivity contribution in [1.82, 2.24) is 9.47 Å². The SMILES string of the molecule is CCN(C)/C=N/c1cc(C)c(C(=O)n2ccc3cc(C(F)(F)F)ccc32)cc1C. The van der Waals surface area contributed by atoms with Crippen LogP contribution in [0.4, 0.5) is 18.9 Å². The first kappa shape index (κ1) is 20.6. The first-order chi connectivity index (χ1) is 13.6. The number of rotatable bonds is 4. The molecule has 4 nitrogen and oxygen atoms in total. The third-order valence-corrected chi connectivity index (χ3v) is 4.90. The van der Waals surface area contributed by atoms with Gasteiger partial charge in [0.05, 0.1) is 23.1 Å². The van der Waals surface area contributed by atoms with E-state index in [1.165, 1.54) is 22.9 Å². The van der Waals surface area contributed by atoms with Crippen molar-refractivity contribution in [3.05, 3.63) is 64.8 Å². The number of carbonyl (C=O) groups excluding carboxylic acids is 1. The fourth-order valence-corrected chi connectivity index (χ4v) is 3.04. The summed E-state index contributed by atoms with van der Waals surface area (Å²) in [5.41, 5.74) is 2.55. The standard InChI is InChI=1S/C22H22F3N3O/c1-5-27(4)13-26-19-11-14(2)18(10-15(19)3)21(29)28-9-8-16-12-17(22(23,24)25)6-7-20(16)28/h6-13H,5H2,1-4H3/b26-13+. The molecule has 152 valence electrons. The van der Waals surface area contributed by atoms with Crippen LogP contribution in [0.1, 0.15) is 34.0 Å². The molecule has 0 atom stereocenters. The predicted octanol–water partition coefficient (Wildman–Crippen LogP) is 5.58. The van der Waals surface area contributed by atoms with Gasteiger partial charge in [0.2, 0.25) is 0 Å². The number of benzene rings is 2. The molecule has 7 heteroatoms. The number of aromatic nitrogens is 1. The van der Waals surface area contributed by atoms with Crippen molar-refractivity contribution >= 4 is 28.8 Å². The van der Waals surface area contributed by atoms with Crippen LogP contribution in [0.5, 0.6) is 0 Å². The maximum absolute atomic E-state index is 13.1. The largest absolute Gasteiger partial charge is 0.416 e. The number of carbonyl (C=O) groups is 1. The smallest absolute Gasteiger partial charge is 0.366 e. The molecular formula is C22H22F3N3O. The summed E-state index contributed by atoms with van der Waals surface area (Å²) in [6.45, 7) is 6.54. The summed E-state index contributed by atoms with van der Waals surface area (Å²) in [5, 5.41) is 0.367. The minimum Gasteiger partial charge on any atom is -0.366 e. The van der Waals surface area contributed by atoms with Crippen LogP contribution in [0.2, 0.25) is 0 Å². The molecule has 29 heavy (non-hydrogen) atoms. The lowest BCUT2D eigenvalue weighted by Crippen LogP contribution is -2.14. The number of alkyl halides is 3. The van der Waals surface area contributed by atoms with E-state index in [0.717, 1.165) is 35.5 Å². The fourth-order valence-electron chi connectivity index (χ4n) is 3.04. The molecule has 3 rings (SSSR count). The molecule has 0 N–H and O–H groups in total. The Morgan fingerprint density at radius 1 is 1.14 bits per heavy atom. The monoisotopic (exact) mass is 401 g/mol. The number of nitrogens with zero attached hydrogens (tertiary/aromatic N) is 3. The Hall–Kier alpha value is -3.09. The Bertz CT molecular complexity index is 1100. The number of aliphatic imine (C=N–C) groups is 1. The highest BCUT2D eigenvalue weighted by Crippen LogP contribution is 2.32. The third kappa shape index (κ3) is 4.18. The molecule has 0 fully saturated rings. The molecule has 0 aliphatic carbocycles. The molecule has 1 heterocycles. The molecule has 0 unspecified atom stereocenters. The van der Waals surface area contributed by atoms with E-state index >= 15 is 0 Å². The highest BCUT2D eigenvalue weighted by atomic mass is 19.4. The zero-order valence-electron chi connectivity index (χ0n) is 16.7. The molecule has 0 saturated heterocycles. The Labute approximate surface area is 167 Å². The van der Waals surface area contributed by atoms with Crippen LogP contribution in [0.15, 0.2) is 47.6 Å². The fraction of sp³-hybridized carbons (Fsp3) is 0.273. The van der Waals surface area contributed by atoms with E-state index in [9.17, 15) is 18.0 Å². The number of fused-ring (bicyclic) bond motifs is 1. The average molecular weight is 401 g/mol. The summed E-state index contributed by atoms with van der Waals surface area (Å²) in [6.07, 6.45) is -1.18. The summed E-state index contributed by atoms with van der Waals surface area (Å²) in [6, 6.07) is 8.51. The van der Waals surface area contributed by atoms with Crippen LogP contribution in [0.3, 0.4) is 0 Å². The molecule has 3 aromatic rings. The second-order valence-corrected chi connectivity index (χ2v) is 7.03. The van der Waals surface area contributed by atoms with Crippen molar-refractivity contribution < 1.29 is 18.0 Å². The van der Waals surface area contributed by atoms with Crippen LogP contribution in [0.25, 0.3) is 10.9 Å². The van der Waals surface area contributed by atoms with Gasteiger partial charge in [-0.2, -0.15) is 13.2 Å². The van der Waals surface area contributed by atoms with Crippen molar-refractivity contribution in [2.24, 2.45) is 4.99 Å². The van der Waals surface area contributed by atoms with E-state index in [-0.39, 0.29) is 5.91 Å². The van der Waals surface area contributed by atoms with Crippen LogP contribution < -0.4 is 0 Å². The summed E-state index contributed by atoms with van der Waals surface area (Å²) in [7, 11) is 1.92. The highest BCUT2D eigenvalue weighted by Gasteiger charge is 2.30. The Kier molecular flexibility index (Phi) is 5.50. The van der Waals surface area contributed by atoms with Gasteiger partial charge in [-0.15, -0.1) is 0 Å². The van der Waals surface area contributed by atoms with Crippen LogP contribution >= 0.6 is 0 Å². The van der Waals surface area contributed by atoms with E-state index in [1.807, 2.05) is 38.8 Å². The van der Waals surface area contributed by atoms with Crippen LogP contribution in [0, 0.1) is 13.8 Å². The number of hydrogen-bond donors (Lipinski definition) is 0. The normalized spacial score (nSPS) is 12.1. The summed E-state index contributed by atoms with van der Waals surface area (Å²) in [5.74, 6) is -0.290. The Balaban J connectivity index is 1.98. The van der Waals surface area contributed by atoms with Crippen LogP contribution in [-0.2, 0) is 6.18 Å². The summed E-state index contributed by atoms with van der Waals surface area (Å²) in [4.78, 5) is 19.5. The van der Waals surface area contributed by atoms with E-state index in [2.05, 4.69) is 4.99 Å². The topological polar surface area (TPSA) is 37.6 Å². The molecule has 0 bridgehead atoms. The van der Waals surface area contributed by atoms with Gasteiger partial charge >= 0.3 is 6.18 Å². The van der Waals surface area contributed by atoms with Gasteiger partial charge in [0.25, 0.3) is 5.91 Å². The minimum absolute atomic E-state index is 0.290. The molecule has 0 aliphatic rings. The molecule has 0 amide bonds. The van der Waals surface area contributed by atoms with Gasteiger partial charge in [-0.1, -0.05) is 0 Å². The lowest BCUT2D eigenvalue weighted by atomic mass is 10.0. The highest BCUT2D eigenvalue weighted by molar-refractivity contribution is 6.03.